The summed E-state index contributed by atoms with van der Waals surface area (Å²) >= 11 is 0. The van der Waals surface area contributed by atoms with Crippen molar-refractivity contribution < 1.29 is 13.2 Å². The van der Waals surface area contributed by atoms with Gasteiger partial charge in [0, 0.05) is 5.69 Å². The molecule has 3 atom stereocenters. The lowest BCUT2D eigenvalue weighted by atomic mass is 10.1. The molecule has 25 heavy (non-hydrogen) atoms. The van der Waals surface area contributed by atoms with E-state index in [1.165, 1.54) is 5.57 Å². The normalized spacial score (nSPS) is 22.6. The van der Waals surface area contributed by atoms with Gasteiger partial charge >= 0.3 is 0 Å². The SMILES string of the molecule is CC(C)=C[C@@H]1[C@H](C(=O)N[C@H](C)c2cccc(NS(C)(=O)=O)c2)C1(C)C. The molecule has 2 N–H and O–H groups in total. The number of hydrogen-bond donors (Lipinski definition) is 2. The molecule has 1 aromatic carbocycles. The topological polar surface area (TPSA) is 75.3 Å². The van der Waals surface area contributed by atoms with E-state index in [0.717, 1.165) is 11.8 Å². The molecule has 1 saturated carbocycles. The second-order valence-corrected chi connectivity index (χ2v) is 9.55. The fraction of sp³-hybridized carbons (Fsp3) is 0.526. The first-order valence-electron chi connectivity index (χ1n) is 8.45. The first-order chi connectivity index (χ1) is 11.4. The van der Waals surface area contributed by atoms with Gasteiger partial charge in [0.05, 0.1) is 18.2 Å². The van der Waals surface area contributed by atoms with Crippen LogP contribution in [-0.4, -0.2) is 20.6 Å². The summed E-state index contributed by atoms with van der Waals surface area (Å²) < 4.78 is 25.2. The number of rotatable bonds is 6. The third kappa shape index (κ3) is 4.84. The Morgan fingerprint density at radius 2 is 1.92 bits per heavy atom. The van der Waals surface area contributed by atoms with E-state index in [2.05, 4.69) is 30.0 Å². The van der Waals surface area contributed by atoms with E-state index in [0.29, 0.717) is 5.69 Å². The van der Waals surface area contributed by atoms with Crippen molar-refractivity contribution in [3.63, 3.8) is 0 Å². The van der Waals surface area contributed by atoms with Crippen LogP contribution in [0.4, 0.5) is 5.69 Å². The minimum absolute atomic E-state index is 0.0258. The average Bonchev–Trinajstić information content (AvgIpc) is 2.97. The Bertz CT molecular complexity index is 793. The van der Waals surface area contributed by atoms with Crippen LogP contribution in [0.5, 0.6) is 0 Å². The Hall–Kier alpha value is -1.82. The number of allylic oxidation sites excluding steroid dienone is 2. The van der Waals surface area contributed by atoms with Gasteiger partial charge in [-0.2, -0.15) is 0 Å². The molecule has 1 aliphatic rings. The number of hydrogen-bond acceptors (Lipinski definition) is 3. The van der Waals surface area contributed by atoms with E-state index in [4.69, 9.17) is 0 Å². The van der Waals surface area contributed by atoms with Crippen LogP contribution >= 0.6 is 0 Å². The molecule has 0 spiro atoms. The lowest BCUT2D eigenvalue weighted by Crippen LogP contribution is -2.29. The first-order valence-corrected chi connectivity index (χ1v) is 10.3. The highest BCUT2D eigenvalue weighted by atomic mass is 32.2. The summed E-state index contributed by atoms with van der Waals surface area (Å²) in [6.07, 6.45) is 3.29. The molecule has 1 aromatic rings. The minimum atomic E-state index is -3.32. The first kappa shape index (κ1) is 19.5. The minimum Gasteiger partial charge on any atom is -0.349 e. The van der Waals surface area contributed by atoms with Crippen LogP contribution in [0.3, 0.4) is 0 Å². The van der Waals surface area contributed by atoms with Gasteiger partial charge in [0.2, 0.25) is 15.9 Å². The zero-order chi connectivity index (χ0) is 19.0. The van der Waals surface area contributed by atoms with Crippen LogP contribution in [0.2, 0.25) is 0 Å². The van der Waals surface area contributed by atoms with Gasteiger partial charge in [-0.25, -0.2) is 8.42 Å². The van der Waals surface area contributed by atoms with Crippen molar-refractivity contribution in [2.75, 3.05) is 11.0 Å². The van der Waals surface area contributed by atoms with Crippen molar-refractivity contribution in [1.82, 2.24) is 5.32 Å². The monoisotopic (exact) mass is 364 g/mol. The van der Waals surface area contributed by atoms with Gasteiger partial charge in [-0.3, -0.25) is 9.52 Å². The molecule has 138 valence electrons. The zero-order valence-electron chi connectivity index (χ0n) is 15.8. The predicted octanol–water partition coefficient (Wildman–Crippen LogP) is 3.47. The molecule has 0 heterocycles. The van der Waals surface area contributed by atoms with Gasteiger partial charge in [-0.05, 0) is 49.8 Å². The summed E-state index contributed by atoms with van der Waals surface area (Å²) in [7, 11) is -3.32. The molecule has 6 heteroatoms. The molecular weight excluding hydrogens is 336 g/mol. The number of anilines is 1. The largest absolute Gasteiger partial charge is 0.349 e. The highest BCUT2D eigenvalue weighted by molar-refractivity contribution is 7.92. The Balaban J connectivity index is 2.07. The molecule has 2 rings (SSSR count). The third-order valence-corrected chi connectivity index (χ3v) is 5.36. The molecule has 1 amide bonds. The fourth-order valence-electron chi connectivity index (χ4n) is 3.32. The van der Waals surface area contributed by atoms with Crippen LogP contribution in [-0.2, 0) is 14.8 Å². The van der Waals surface area contributed by atoms with Crippen LogP contribution < -0.4 is 10.0 Å². The lowest BCUT2D eigenvalue weighted by molar-refractivity contribution is -0.123. The summed E-state index contributed by atoms with van der Waals surface area (Å²) in [4.78, 5) is 12.7. The maximum absolute atomic E-state index is 12.7. The van der Waals surface area contributed by atoms with Crippen LogP contribution in [0.15, 0.2) is 35.9 Å². The molecule has 0 saturated heterocycles. The summed E-state index contributed by atoms with van der Waals surface area (Å²) in [5.41, 5.74) is 2.55. The molecule has 0 aromatic heterocycles. The van der Waals surface area contributed by atoms with Crippen molar-refractivity contribution in [2.24, 2.45) is 17.3 Å². The molecule has 0 bridgehead atoms. The maximum atomic E-state index is 12.7. The van der Waals surface area contributed by atoms with Crippen LogP contribution in [0.25, 0.3) is 0 Å². The van der Waals surface area contributed by atoms with Crippen molar-refractivity contribution in [3.05, 3.63) is 41.5 Å². The molecule has 0 radical (unpaired) electrons. The Labute approximate surface area is 151 Å². The number of sulfonamides is 1. The summed E-state index contributed by atoms with van der Waals surface area (Å²) in [6.45, 7) is 10.2. The van der Waals surface area contributed by atoms with E-state index in [1.807, 2.05) is 26.8 Å². The Morgan fingerprint density at radius 3 is 2.48 bits per heavy atom. The van der Waals surface area contributed by atoms with E-state index in [1.54, 1.807) is 18.2 Å². The van der Waals surface area contributed by atoms with Crippen molar-refractivity contribution in [3.8, 4) is 0 Å². The van der Waals surface area contributed by atoms with Crippen LogP contribution in [0, 0.1) is 17.3 Å². The zero-order valence-corrected chi connectivity index (χ0v) is 16.6. The van der Waals surface area contributed by atoms with Gasteiger partial charge < -0.3 is 5.32 Å². The number of carbonyl (C=O) groups excluding carboxylic acids is 1. The second-order valence-electron chi connectivity index (χ2n) is 7.80. The molecule has 1 fully saturated rings. The van der Waals surface area contributed by atoms with Gasteiger partial charge in [0.1, 0.15) is 0 Å². The lowest BCUT2D eigenvalue weighted by Gasteiger charge is -2.16. The molecule has 0 unspecified atom stereocenters. The molecular formula is C19H28N2O3S. The summed E-state index contributed by atoms with van der Waals surface area (Å²) in [6, 6.07) is 6.89. The number of amides is 1. The van der Waals surface area contributed by atoms with Gasteiger partial charge in [0.15, 0.2) is 0 Å². The predicted molar refractivity (Wildman–Crippen MR) is 102 cm³/mol. The average molecular weight is 365 g/mol. The van der Waals surface area contributed by atoms with Gasteiger partial charge in [-0.1, -0.05) is 37.6 Å². The number of carbonyl (C=O) groups is 1. The molecule has 0 aliphatic heterocycles. The highest BCUT2D eigenvalue weighted by Crippen LogP contribution is 2.59. The van der Waals surface area contributed by atoms with E-state index in [9.17, 15) is 13.2 Å². The van der Waals surface area contributed by atoms with Crippen molar-refractivity contribution in [1.29, 1.82) is 0 Å². The van der Waals surface area contributed by atoms with Crippen LogP contribution in [0.1, 0.15) is 46.2 Å². The highest BCUT2D eigenvalue weighted by Gasteiger charge is 2.60. The second kappa shape index (κ2) is 6.83. The summed E-state index contributed by atoms with van der Waals surface area (Å²) in [5.74, 6) is 0.284. The standard InChI is InChI=1S/C19H28N2O3S/c1-12(2)10-16-17(19(16,4)5)18(22)20-13(3)14-8-7-9-15(11-14)21-25(6,23)24/h7-11,13,16-17,21H,1-6H3,(H,20,22)/t13-,16-,17-/m1/s1. The smallest absolute Gasteiger partial charge is 0.229 e. The van der Waals surface area contributed by atoms with Crippen molar-refractivity contribution >= 4 is 21.6 Å². The van der Waals surface area contributed by atoms with Crippen molar-refractivity contribution in [2.45, 2.75) is 40.7 Å². The van der Waals surface area contributed by atoms with Gasteiger partial charge in [-0.15, -0.1) is 0 Å². The summed E-state index contributed by atoms with van der Waals surface area (Å²) in [5, 5.41) is 3.06. The van der Waals surface area contributed by atoms with E-state index >= 15 is 0 Å². The number of nitrogens with one attached hydrogen (secondary N) is 2. The Kier molecular flexibility index (Phi) is 5.33. The third-order valence-electron chi connectivity index (χ3n) is 4.75. The maximum Gasteiger partial charge on any atom is 0.229 e. The van der Waals surface area contributed by atoms with E-state index < -0.39 is 10.0 Å². The molecule has 5 nitrogen and oxygen atoms in total. The number of benzene rings is 1. The quantitative estimate of drug-likeness (QED) is 0.759. The van der Waals surface area contributed by atoms with E-state index in [-0.39, 0.29) is 29.2 Å². The van der Waals surface area contributed by atoms with Gasteiger partial charge in [0.25, 0.3) is 0 Å². The Morgan fingerprint density at radius 1 is 1.28 bits per heavy atom. The molecule has 1 aliphatic carbocycles. The fourth-order valence-corrected chi connectivity index (χ4v) is 3.88.